The van der Waals surface area contributed by atoms with E-state index < -0.39 is 0 Å². The molecule has 1 aliphatic rings. The lowest BCUT2D eigenvalue weighted by Gasteiger charge is -2.08. The molecule has 0 atom stereocenters. The molecule has 0 bridgehead atoms. The van der Waals surface area contributed by atoms with E-state index in [9.17, 15) is 4.79 Å². The van der Waals surface area contributed by atoms with E-state index in [2.05, 4.69) is 23.4 Å². The molecule has 5 heteroatoms. The second-order valence-electron chi connectivity index (χ2n) is 5.37. The van der Waals surface area contributed by atoms with Crippen LogP contribution >= 0.6 is 0 Å². The summed E-state index contributed by atoms with van der Waals surface area (Å²) in [6.07, 6.45) is 2.98. The fourth-order valence-electron chi connectivity index (χ4n) is 2.89. The average molecular weight is 284 g/mol. The summed E-state index contributed by atoms with van der Waals surface area (Å²) in [5, 5.41) is 7.40. The highest BCUT2D eigenvalue weighted by Crippen LogP contribution is 2.28. The molecule has 0 saturated heterocycles. The van der Waals surface area contributed by atoms with E-state index in [0.717, 1.165) is 36.1 Å². The Morgan fingerprint density at radius 1 is 1.38 bits per heavy atom. The summed E-state index contributed by atoms with van der Waals surface area (Å²) < 4.78 is 1.94. The Hall–Kier alpha value is -2.14. The first-order valence-electron chi connectivity index (χ1n) is 7.37. The quantitative estimate of drug-likeness (QED) is 0.890. The van der Waals surface area contributed by atoms with Crippen molar-refractivity contribution in [2.75, 3.05) is 13.1 Å². The molecule has 5 nitrogen and oxygen atoms in total. The topological polar surface area (TPSA) is 72.9 Å². The number of aryl methyl sites for hydroxylation is 1. The molecule has 0 radical (unpaired) electrons. The number of hydrogen-bond donors (Lipinski definition) is 2. The molecule has 0 aliphatic heterocycles. The van der Waals surface area contributed by atoms with Crippen LogP contribution in [0.5, 0.6) is 0 Å². The Morgan fingerprint density at radius 3 is 2.95 bits per heavy atom. The van der Waals surface area contributed by atoms with Gasteiger partial charge in [-0.05, 0) is 37.8 Å². The van der Waals surface area contributed by atoms with Gasteiger partial charge in [0.05, 0.1) is 5.69 Å². The van der Waals surface area contributed by atoms with Gasteiger partial charge in [0, 0.05) is 24.3 Å². The van der Waals surface area contributed by atoms with E-state index >= 15 is 0 Å². The van der Waals surface area contributed by atoms with E-state index in [1.165, 1.54) is 5.69 Å². The van der Waals surface area contributed by atoms with Crippen molar-refractivity contribution in [1.29, 1.82) is 0 Å². The third-order valence-corrected chi connectivity index (χ3v) is 3.92. The monoisotopic (exact) mass is 284 g/mol. The Bertz CT molecular complexity index is 675. The molecule has 1 aromatic heterocycles. The van der Waals surface area contributed by atoms with E-state index in [4.69, 9.17) is 5.73 Å². The highest BCUT2D eigenvalue weighted by molar-refractivity contribution is 5.94. The first-order chi connectivity index (χ1) is 10.2. The Kier molecular flexibility index (Phi) is 3.75. The molecule has 3 N–H and O–H groups in total. The number of hydrogen-bond acceptors (Lipinski definition) is 3. The molecule has 0 fully saturated rings. The minimum absolute atomic E-state index is 0.120. The van der Waals surface area contributed by atoms with Crippen LogP contribution in [0.15, 0.2) is 24.3 Å². The molecule has 2 aromatic rings. The van der Waals surface area contributed by atoms with Gasteiger partial charge in [-0.25, -0.2) is 4.68 Å². The maximum absolute atomic E-state index is 12.3. The van der Waals surface area contributed by atoms with Gasteiger partial charge < -0.3 is 11.1 Å². The van der Waals surface area contributed by atoms with Crippen LogP contribution in [0.3, 0.4) is 0 Å². The lowest BCUT2D eigenvalue weighted by atomic mass is 10.2. The summed E-state index contributed by atoms with van der Waals surface area (Å²) >= 11 is 0. The van der Waals surface area contributed by atoms with E-state index in [1.807, 2.05) is 22.9 Å². The molecule has 110 valence electrons. The zero-order chi connectivity index (χ0) is 14.8. The van der Waals surface area contributed by atoms with Crippen LogP contribution in [-0.4, -0.2) is 28.8 Å². The fraction of sp³-hybridized carbons (Fsp3) is 0.375. The van der Waals surface area contributed by atoms with Gasteiger partial charge in [-0.15, -0.1) is 0 Å². The van der Waals surface area contributed by atoms with Crippen LogP contribution in [0.2, 0.25) is 0 Å². The number of para-hydroxylation sites is 1. The van der Waals surface area contributed by atoms with Crippen LogP contribution in [0.4, 0.5) is 0 Å². The Balaban J connectivity index is 2.04. The lowest BCUT2D eigenvalue weighted by molar-refractivity contribution is 0.0948. The maximum atomic E-state index is 12.3. The van der Waals surface area contributed by atoms with Gasteiger partial charge in [-0.1, -0.05) is 18.2 Å². The molecule has 21 heavy (non-hydrogen) atoms. The number of aromatic nitrogens is 2. The third kappa shape index (κ3) is 2.45. The predicted octanol–water partition coefficient (Wildman–Crippen LogP) is 1.36. The molecule has 1 aliphatic carbocycles. The lowest BCUT2D eigenvalue weighted by Crippen LogP contribution is -2.30. The summed E-state index contributed by atoms with van der Waals surface area (Å²) in [6, 6.07) is 8.12. The molecule has 0 spiro atoms. The molecule has 0 unspecified atom stereocenters. The molecular weight excluding hydrogens is 264 g/mol. The number of carbonyl (C=O) groups excluding carboxylic acids is 1. The zero-order valence-electron chi connectivity index (χ0n) is 12.2. The van der Waals surface area contributed by atoms with Crippen LogP contribution in [0.1, 0.15) is 33.7 Å². The first kappa shape index (κ1) is 13.8. The van der Waals surface area contributed by atoms with Gasteiger partial charge in [0.15, 0.2) is 5.69 Å². The number of fused-ring (bicyclic) bond motifs is 1. The van der Waals surface area contributed by atoms with Crippen LogP contribution in [-0.2, 0) is 12.8 Å². The third-order valence-electron chi connectivity index (χ3n) is 3.92. The Labute approximate surface area is 124 Å². The predicted molar refractivity (Wildman–Crippen MR) is 81.7 cm³/mol. The van der Waals surface area contributed by atoms with Crippen molar-refractivity contribution in [3.63, 3.8) is 0 Å². The second kappa shape index (κ2) is 5.69. The Morgan fingerprint density at radius 2 is 2.19 bits per heavy atom. The van der Waals surface area contributed by atoms with Gasteiger partial charge in [-0.3, -0.25) is 4.79 Å². The fourth-order valence-corrected chi connectivity index (χ4v) is 2.89. The van der Waals surface area contributed by atoms with Crippen LogP contribution in [0, 0.1) is 6.92 Å². The van der Waals surface area contributed by atoms with Crippen molar-refractivity contribution < 1.29 is 4.79 Å². The van der Waals surface area contributed by atoms with Gasteiger partial charge in [0.2, 0.25) is 0 Å². The van der Waals surface area contributed by atoms with Gasteiger partial charge in [0.1, 0.15) is 0 Å². The highest BCUT2D eigenvalue weighted by atomic mass is 16.1. The smallest absolute Gasteiger partial charge is 0.272 e. The van der Waals surface area contributed by atoms with E-state index in [0.29, 0.717) is 18.8 Å². The summed E-state index contributed by atoms with van der Waals surface area (Å²) in [4.78, 5) is 12.3. The number of rotatable bonds is 4. The standard InChI is InChI=1S/C16H20N4O/c1-11-5-2-3-7-13(11)20-14-8-4-6-12(14)15(19-20)16(21)18-10-9-17/h2-3,5,7H,4,6,8-10,17H2,1H3,(H,18,21). The van der Waals surface area contributed by atoms with Crippen molar-refractivity contribution in [3.8, 4) is 5.69 Å². The summed E-state index contributed by atoms with van der Waals surface area (Å²) in [6.45, 7) is 2.98. The van der Waals surface area contributed by atoms with Crippen molar-refractivity contribution in [2.24, 2.45) is 5.73 Å². The summed E-state index contributed by atoms with van der Waals surface area (Å²) in [7, 11) is 0. The van der Waals surface area contributed by atoms with Crippen LogP contribution in [0.25, 0.3) is 5.69 Å². The van der Waals surface area contributed by atoms with E-state index in [-0.39, 0.29) is 5.91 Å². The number of benzene rings is 1. The molecule has 1 amide bonds. The molecule has 1 aromatic carbocycles. The molecule has 1 heterocycles. The van der Waals surface area contributed by atoms with Crippen molar-refractivity contribution >= 4 is 5.91 Å². The number of carbonyl (C=O) groups is 1. The summed E-state index contributed by atoms with van der Waals surface area (Å²) in [5.41, 5.74) is 10.5. The van der Waals surface area contributed by atoms with Crippen molar-refractivity contribution in [1.82, 2.24) is 15.1 Å². The SMILES string of the molecule is Cc1ccccc1-n1nc(C(=O)NCCN)c2c1CCC2. The van der Waals surface area contributed by atoms with Crippen molar-refractivity contribution in [3.05, 3.63) is 46.8 Å². The molecular formula is C16H20N4O. The highest BCUT2D eigenvalue weighted by Gasteiger charge is 2.26. The summed E-state index contributed by atoms with van der Waals surface area (Å²) in [5.74, 6) is -0.120. The zero-order valence-corrected chi connectivity index (χ0v) is 12.2. The number of amides is 1. The van der Waals surface area contributed by atoms with E-state index in [1.54, 1.807) is 0 Å². The van der Waals surface area contributed by atoms with Gasteiger partial charge in [-0.2, -0.15) is 5.10 Å². The largest absolute Gasteiger partial charge is 0.349 e. The first-order valence-corrected chi connectivity index (χ1v) is 7.37. The van der Waals surface area contributed by atoms with Gasteiger partial charge in [0.25, 0.3) is 5.91 Å². The maximum Gasteiger partial charge on any atom is 0.272 e. The minimum atomic E-state index is -0.120. The second-order valence-corrected chi connectivity index (χ2v) is 5.37. The average Bonchev–Trinajstić information content (AvgIpc) is 3.07. The number of nitrogens with two attached hydrogens (primary N) is 1. The molecule has 3 rings (SSSR count). The number of nitrogens with one attached hydrogen (secondary N) is 1. The number of nitrogens with zero attached hydrogens (tertiary/aromatic N) is 2. The van der Waals surface area contributed by atoms with Gasteiger partial charge >= 0.3 is 0 Å². The minimum Gasteiger partial charge on any atom is -0.349 e. The molecule has 0 saturated carbocycles. The van der Waals surface area contributed by atoms with Crippen molar-refractivity contribution in [2.45, 2.75) is 26.2 Å². The normalized spacial score (nSPS) is 13.2. The van der Waals surface area contributed by atoms with Crippen LogP contribution < -0.4 is 11.1 Å².